The molecule has 0 aromatic heterocycles. The number of amides is 3. The van der Waals surface area contributed by atoms with Gasteiger partial charge in [0.1, 0.15) is 12.3 Å². The second-order valence-electron chi connectivity index (χ2n) is 7.72. The zero-order valence-corrected chi connectivity index (χ0v) is 18.6. The van der Waals surface area contributed by atoms with Gasteiger partial charge in [0, 0.05) is 5.56 Å². The number of esters is 1. The molecule has 1 N–H and O–H groups in total. The van der Waals surface area contributed by atoms with E-state index in [1.54, 1.807) is 54.6 Å². The summed E-state index contributed by atoms with van der Waals surface area (Å²) in [6, 6.07) is 20.1. The van der Waals surface area contributed by atoms with Crippen LogP contribution in [0.1, 0.15) is 37.9 Å². The fourth-order valence-electron chi connectivity index (χ4n) is 3.70. The fraction of sp³-hybridized carbons (Fsp3) is 0.154. The van der Waals surface area contributed by atoms with Crippen molar-refractivity contribution < 1.29 is 28.7 Å². The SMILES string of the molecule is COc1ccc(C)cc1NC(=O)C(OC(=O)CN1C(=O)c2ccccc2C1=O)c1ccccc1. The molecule has 8 heteroatoms. The minimum Gasteiger partial charge on any atom is -0.495 e. The zero-order chi connectivity index (χ0) is 24.2. The number of anilines is 1. The molecule has 1 atom stereocenters. The molecule has 1 heterocycles. The van der Waals surface area contributed by atoms with Gasteiger partial charge in [0.15, 0.2) is 0 Å². The maximum absolute atomic E-state index is 13.2. The molecule has 0 radical (unpaired) electrons. The smallest absolute Gasteiger partial charge is 0.327 e. The molecule has 0 saturated carbocycles. The molecular weight excluding hydrogens is 436 g/mol. The van der Waals surface area contributed by atoms with Crippen molar-refractivity contribution in [3.8, 4) is 5.75 Å². The van der Waals surface area contributed by atoms with E-state index in [-0.39, 0.29) is 11.1 Å². The molecule has 3 aromatic carbocycles. The van der Waals surface area contributed by atoms with E-state index in [1.165, 1.54) is 19.2 Å². The lowest BCUT2D eigenvalue weighted by atomic mass is 10.1. The van der Waals surface area contributed by atoms with Gasteiger partial charge in [-0.3, -0.25) is 24.1 Å². The quantitative estimate of drug-likeness (QED) is 0.429. The van der Waals surface area contributed by atoms with Crippen LogP contribution in [0.5, 0.6) is 5.75 Å². The van der Waals surface area contributed by atoms with Gasteiger partial charge in [0.2, 0.25) is 6.10 Å². The van der Waals surface area contributed by atoms with Crippen molar-refractivity contribution in [2.24, 2.45) is 0 Å². The number of nitrogens with zero attached hydrogens (tertiary/aromatic N) is 1. The zero-order valence-electron chi connectivity index (χ0n) is 18.6. The van der Waals surface area contributed by atoms with Gasteiger partial charge >= 0.3 is 5.97 Å². The number of imide groups is 1. The van der Waals surface area contributed by atoms with E-state index in [4.69, 9.17) is 9.47 Å². The maximum Gasteiger partial charge on any atom is 0.327 e. The summed E-state index contributed by atoms with van der Waals surface area (Å²) in [5.74, 6) is -2.21. The minimum absolute atomic E-state index is 0.226. The van der Waals surface area contributed by atoms with E-state index in [9.17, 15) is 19.2 Å². The van der Waals surface area contributed by atoms with E-state index in [0.717, 1.165) is 10.5 Å². The van der Waals surface area contributed by atoms with Gasteiger partial charge in [-0.05, 0) is 36.8 Å². The number of carbonyl (C=O) groups excluding carboxylic acids is 4. The summed E-state index contributed by atoms with van der Waals surface area (Å²) in [6.45, 7) is 1.25. The highest BCUT2D eigenvalue weighted by Crippen LogP contribution is 2.28. The van der Waals surface area contributed by atoms with E-state index in [1.807, 2.05) is 13.0 Å². The fourth-order valence-corrected chi connectivity index (χ4v) is 3.70. The van der Waals surface area contributed by atoms with Gasteiger partial charge < -0.3 is 14.8 Å². The molecule has 1 aliphatic heterocycles. The van der Waals surface area contributed by atoms with E-state index < -0.39 is 36.3 Å². The Morgan fingerprint density at radius 1 is 0.912 bits per heavy atom. The lowest BCUT2D eigenvalue weighted by Gasteiger charge is -2.20. The van der Waals surface area contributed by atoms with Crippen LogP contribution >= 0.6 is 0 Å². The molecule has 8 nitrogen and oxygen atoms in total. The van der Waals surface area contributed by atoms with Gasteiger partial charge in [-0.25, -0.2) is 0 Å². The lowest BCUT2D eigenvalue weighted by Crippen LogP contribution is -2.37. The van der Waals surface area contributed by atoms with Crippen LogP contribution in [0.3, 0.4) is 0 Å². The average Bonchev–Trinajstić information content (AvgIpc) is 3.08. The first-order valence-electron chi connectivity index (χ1n) is 10.5. The van der Waals surface area contributed by atoms with E-state index in [0.29, 0.717) is 17.0 Å². The number of aryl methyl sites for hydroxylation is 1. The topological polar surface area (TPSA) is 102 Å². The highest BCUT2D eigenvalue weighted by molar-refractivity contribution is 6.22. The average molecular weight is 458 g/mol. The van der Waals surface area contributed by atoms with Gasteiger partial charge in [0.25, 0.3) is 17.7 Å². The van der Waals surface area contributed by atoms with Gasteiger partial charge in [0.05, 0.1) is 23.9 Å². The van der Waals surface area contributed by atoms with Crippen molar-refractivity contribution in [2.75, 3.05) is 19.0 Å². The molecule has 0 aliphatic carbocycles. The Kier molecular flexibility index (Phi) is 6.40. The van der Waals surface area contributed by atoms with Crippen molar-refractivity contribution >= 4 is 29.4 Å². The van der Waals surface area contributed by atoms with Crippen LogP contribution in [0.2, 0.25) is 0 Å². The Hall–Kier alpha value is -4.46. The summed E-state index contributed by atoms with van der Waals surface area (Å²) in [6.07, 6.45) is -1.31. The summed E-state index contributed by atoms with van der Waals surface area (Å²) < 4.78 is 10.8. The molecule has 3 aromatic rings. The molecule has 34 heavy (non-hydrogen) atoms. The van der Waals surface area contributed by atoms with Gasteiger partial charge in [-0.2, -0.15) is 0 Å². The molecule has 4 rings (SSSR count). The van der Waals surface area contributed by atoms with Crippen molar-refractivity contribution in [3.05, 3.63) is 95.1 Å². The molecular formula is C26H22N2O6. The first kappa shape index (κ1) is 22.7. The van der Waals surface area contributed by atoms with Crippen LogP contribution in [0, 0.1) is 6.92 Å². The second-order valence-corrected chi connectivity index (χ2v) is 7.72. The minimum atomic E-state index is -1.31. The number of fused-ring (bicyclic) bond motifs is 1. The highest BCUT2D eigenvalue weighted by atomic mass is 16.5. The number of rotatable bonds is 7. The third-order valence-corrected chi connectivity index (χ3v) is 5.37. The summed E-state index contributed by atoms with van der Waals surface area (Å²) >= 11 is 0. The normalized spacial score (nSPS) is 13.3. The van der Waals surface area contributed by atoms with Crippen LogP contribution < -0.4 is 10.1 Å². The van der Waals surface area contributed by atoms with Crippen molar-refractivity contribution in [2.45, 2.75) is 13.0 Å². The monoisotopic (exact) mass is 458 g/mol. The highest BCUT2D eigenvalue weighted by Gasteiger charge is 2.37. The first-order valence-corrected chi connectivity index (χ1v) is 10.5. The van der Waals surface area contributed by atoms with E-state index in [2.05, 4.69) is 5.32 Å². The number of nitrogens with one attached hydrogen (secondary N) is 1. The molecule has 0 spiro atoms. The molecule has 1 aliphatic rings. The summed E-state index contributed by atoms with van der Waals surface area (Å²) in [5.41, 5.74) is 2.20. The Labute approximate surface area is 196 Å². The largest absolute Gasteiger partial charge is 0.495 e. The number of carbonyl (C=O) groups is 4. The molecule has 3 amide bonds. The number of hydrogen-bond acceptors (Lipinski definition) is 6. The Bertz CT molecular complexity index is 1240. The Morgan fingerprint density at radius 2 is 1.53 bits per heavy atom. The van der Waals surface area contributed by atoms with Crippen LogP contribution in [-0.2, 0) is 14.3 Å². The van der Waals surface area contributed by atoms with Crippen molar-refractivity contribution in [3.63, 3.8) is 0 Å². The number of hydrogen-bond donors (Lipinski definition) is 1. The van der Waals surface area contributed by atoms with Crippen LogP contribution in [-0.4, -0.2) is 42.2 Å². The molecule has 172 valence electrons. The maximum atomic E-state index is 13.2. The van der Waals surface area contributed by atoms with Crippen LogP contribution in [0.15, 0.2) is 72.8 Å². The van der Waals surface area contributed by atoms with Crippen molar-refractivity contribution in [1.82, 2.24) is 4.90 Å². The molecule has 0 bridgehead atoms. The standard InChI is InChI=1S/C26H22N2O6/c1-16-12-13-21(33-2)20(14-16)27-24(30)23(17-8-4-3-5-9-17)34-22(29)15-28-25(31)18-10-6-7-11-19(18)26(28)32/h3-14,23H,15H2,1-2H3,(H,27,30). The van der Waals surface area contributed by atoms with Crippen LogP contribution in [0.4, 0.5) is 5.69 Å². The summed E-state index contributed by atoms with van der Waals surface area (Å²) in [7, 11) is 1.48. The summed E-state index contributed by atoms with van der Waals surface area (Å²) in [5, 5.41) is 2.74. The second kappa shape index (κ2) is 9.58. The summed E-state index contributed by atoms with van der Waals surface area (Å²) in [4.78, 5) is 51.9. The van der Waals surface area contributed by atoms with Crippen LogP contribution in [0.25, 0.3) is 0 Å². The lowest BCUT2D eigenvalue weighted by molar-refractivity contribution is -0.154. The molecule has 0 fully saturated rings. The number of ether oxygens (including phenoxy) is 2. The molecule has 0 saturated heterocycles. The Balaban J connectivity index is 1.54. The van der Waals surface area contributed by atoms with Gasteiger partial charge in [-0.1, -0.05) is 48.5 Å². The Morgan fingerprint density at radius 3 is 2.15 bits per heavy atom. The first-order chi connectivity index (χ1) is 16.4. The van der Waals surface area contributed by atoms with Gasteiger partial charge in [-0.15, -0.1) is 0 Å². The third kappa shape index (κ3) is 4.52. The molecule has 1 unspecified atom stereocenters. The third-order valence-electron chi connectivity index (χ3n) is 5.37. The number of benzene rings is 3. The van der Waals surface area contributed by atoms with Crippen molar-refractivity contribution in [1.29, 1.82) is 0 Å². The predicted octanol–water partition coefficient (Wildman–Crippen LogP) is 3.52. The predicted molar refractivity (Wildman–Crippen MR) is 123 cm³/mol. The number of methoxy groups -OCH3 is 1. The van der Waals surface area contributed by atoms with E-state index >= 15 is 0 Å².